The molecule has 194 valence electrons. The van der Waals surface area contributed by atoms with Crippen LogP contribution in [-0.4, -0.2) is 55.1 Å². The normalized spacial score (nSPS) is 16.6. The molecule has 1 saturated heterocycles. The second-order valence-corrected chi connectivity index (χ2v) is 11.2. The number of sulfone groups is 1. The first kappa shape index (κ1) is 26.0. The summed E-state index contributed by atoms with van der Waals surface area (Å²) >= 11 is 0. The van der Waals surface area contributed by atoms with E-state index in [-0.39, 0.29) is 29.8 Å². The van der Waals surface area contributed by atoms with E-state index in [0.717, 1.165) is 24.1 Å². The van der Waals surface area contributed by atoms with E-state index < -0.39 is 21.6 Å². The molecule has 1 aromatic heterocycles. The predicted octanol–water partition coefficient (Wildman–Crippen LogP) is 3.78. The molecule has 8 nitrogen and oxygen atoms in total. The molecule has 1 unspecified atom stereocenters. The molecule has 2 heterocycles. The van der Waals surface area contributed by atoms with E-state index in [4.69, 9.17) is 4.98 Å². The Morgan fingerprint density at radius 2 is 1.94 bits per heavy atom. The molecule has 0 radical (unpaired) electrons. The van der Waals surface area contributed by atoms with Crippen LogP contribution in [0.25, 0.3) is 22.2 Å². The van der Waals surface area contributed by atoms with Crippen molar-refractivity contribution in [1.29, 1.82) is 0 Å². The van der Waals surface area contributed by atoms with Gasteiger partial charge in [0.2, 0.25) is 11.9 Å². The number of nitrogens with one attached hydrogen (secondary N) is 2. The fourth-order valence-corrected chi connectivity index (χ4v) is 4.85. The average molecular weight is 524 g/mol. The van der Waals surface area contributed by atoms with Gasteiger partial charge in [0.25, 0.3) is 0 Å². The SMILES string of the molecule is CCC(=O)Nc1ccc(C(F)(F)F)cc1-c1ccc2nc(N3CCC(NCS(C)(=O)=O)C3)n(C)c2c1. The van der Waals surface area contributed by atoms with Crippen molar-refractivity contribution in [3.05, 3.63) is 42.0 Å². The van der Waals surface area contributed by atoms with E-state index in [0.29, 0.717) is 35.8 Å². The molecule has 1 aliphatic heterocycles. The number of hydrogen-bond acceptors (Lipinski definition) is 6. The second kappa shape index (κ2) is 9.74. The van der Waals surface area contributed by atoms with Crippen LogP contribution in [0.4, 0.5) is 24.8 Å². The van der Waals surface area contributed by atoms with Gasteiger partial charge in [0.1, 0.15) is 0 Å². The Bertz CT molecular complexity index is 1400. The lowest BCUT2D eigenvalue weighted by atomic mass is 10.00. The number of fused-ring (bicyclic) bond motifs is 1. The lowest BCUT2D eigenvalue weighted by Crippen LogP contribution is -2.36. The van der Waals surface area contributed by atoms with Gasteiger partial charge in [-0.3, -0.25) is 10.1 Å². The number of aryl methyl sites for hydroxylation is 1. The molecule has 4 rings (SSSR count). The lowest BCUT2D eigenvalue weighted by Gasteiger charge is -2.18. The van der Waals surface area contributed by atoms with Crippen molar-refractivity contribution in [1.82, 2.24) is 14.9 Å². The third-order valence-corrected chi connectivity index (χ3v) is 6.91. The maximum Gasteiger partial charge on any atom is 0.416 e. The van der Waals surface area contributed by atoms with Gasteiger partial charge in [0.15, 0.2) is 9.84 Å². The van der Waals surface area contributed by atoms with Crippen molar-refractivity contribution in [2.75, 3.05) is 35.4 Å². The lowest BCUT2D eigenvalue weighted by molar-refractivity contribution is -0.137. The van der Waals surface area contributed by atoms with Gasteiger partial charge in [0, 0.05) is 50.1 Å². The van der Waals surface area contributed by atoms with Crippen LogP contribution < -0.4 is 15.5 Å². The molecule has 12 heteroatoms. The van der Waals surface area contributed by atoms with Crippen LogP contribution in [0.2, 0.25) is 0 Å². The van der Waals surface area contributed by atoms with E-state index >= 15 is 0 Å². The Balaban J connectivity index is 1.68. The first-order valence-electron chi connectivity index (χ1n) is 11.5. The van der Waals surface area contributed by atoms with Gasteiger partial charge in [-0.1, -0.05) is 13.0 Å². The summed E-state index contributed by atoms with van der Waals surface area (Å²) in [6.45, 7) is 2.94. The number of aromatic nitrogens is 2. The Kier molecular flexibility index (Phi) is 7.02. The van der Waals surface area contributed by atoms with Crippen LogP contribution in [0.15, 0.2) is 36.4 Å². The summed E-state index contributed by atoms with van der Waals surface area (Å²) in [5.74, 6) is 0.299. The van der Waals surface area contributed by atoms with Gasteiger partial charge in [-0.25, -0.2) is 13.4 Å². The Morgan fingerprint density at radius 1 is 1.19 bits per heavy atom. The molecule has 1 atom stereocenters. The third kappa shape index (κ3) is 5.65. The highest BCUT2D eigenvalue weighted by atomic mass is 32.2. The monoisotopic (exact) mass is 523 g/mol. The third-order valence-electron chi connectivity index (χ3n) is 6.22. The summed E-state index contributed by atoms with van der Waals surface area (Å²) in [6, 6.07) is 8.48. The van der Waals surface area contributed by atoms with Gasteiger partial charge in [0.05, 0.1) is 22.5 Å². The summed E-state index contributed by atoms with van der Waals surface area (Å²) in [4.78, 5) is 18.8. The number of halogens is 3. The zero-order chi connectivity index (χ0) is 26.3. The predicted molar refractivity (Wildman–Crippen MR) is 134 cm³/mol. The van der Waals surface area contributed by atoms with Gasteiger partial charge in [-0.05, 0) is 42.3 Å². The summed E-state index contributed by atoms with van der Waals surface area (Å²) in [7, 11) is -1.30. The van der Waals surface area contributed by atoms with Crippen molar-refractivity contribution in [2.24, 2.45) is 7.05 Å². The van der Waals surface area contributed by atoms with Crippen LogP contribution >= 0.6 is 0 Å². The molecule has 2 aromatic carbocycles. The number of imidazole rings is 1. The second-order valence-electron chi connectivity index (χ2n) is 9.04. The molecule has 0 spiro atoms. The van der Waals surface area contributed by atoms with Crippen LogP contribution in [0.1, 0.15) is 25.3 Å². The zero-order valence-electron chi connectivity index (χ0n) is 20.2. The number of amides is 1. The number of alkyl halides is 3. The van der Waals surface area contributed by atoms with Crippen molar-refractivity contribution in [3.8, 4) is 11.1 Å². The number of anilines is 2. The van der Waals surface area contributed by atoms with Crippen LogP contribution in [0.3, 0.4) is 0 Å². The van der Waals surface area contributed by atoms with Crippen molar-refractivity contribution < 1.29 is 26.4 Å². The van der Waals surface area contributed by atoms with Crippen molar-refractivity contribution >= 4 is 38.4 Å². The van der Waals surface area contributed by atoms with E-state index in [9.17, 15) is 26.4 Å². The summed E-state index contributed by atoms with van der Waals surface area (Å²) < 4.78 is 65.1. The summed E-state index contributed by atoms with van der Waals surface area (Å²) in [5, 5.41) is 5.75. The fraction of sp³-hybridized carbons (Fsp3) is 0.417. The highest BCUT2D eigenvalue weighted by Gasteiger charge is 2.31. The molecule has 1 amide bonds. The zero-order valence-corrected chi connectivity index (χ0v) is 21.0. The van der Waals surface area contributed by atoms with Crippen molar-refractivity contribution in [2.45, 2.75) is 32.0 Å². The highest BCUT2D eigenvalue weighted by molar-refractivity contribution is 7.90. The van der Waals surface area contributed by atoms with E-state index in [2.05, 4.69) is 15.5 Å². The number of nitrogens with zero attached hydrogens (tertiary/aromatic N) is 3. The van der Waals surface area contributed by atoms with Gasteiger partial charge < -0.3 is 14.8 Å². The minimum Gasteiger partial charge on any atom is -0.341 e. The maximum absolute atomic E-state index is 13.4. The minimum atomic E-state index is -4.52. The molecular weight excluding hydrogens is 495 g/mol. The van der Waals surface area contributed by atoms with Crippen LogP contribution in [-0.2, 0) is 27.9 Å². The van der Waals surface area contributed by atoms with Crippen LogP contribution in [0, 0.1) is 0 Å². The molecule has 0 bridgehead atoms. The number of hydrogen-bond donors (Lipinski definition) is 2. The summed E-state index contributed by atoms with van der Waals surface area (Å²) in [6.07, 6.45) is -2.39. The number of benzene rings is 2. The molecule has 36 heavy (non-hydrogen) atoms. The number of rotatable bonds is 7. The molecule has 0 saturated carbocycles. The molecule has 2 N–H and O–H groups in total. The first-order valence-corrected chi connectivity index (χ1v) is 13.6. The molecule has 0 aliphatic carbocycles. The largest absolute Gasteiger partial charge is 0.416 e. The fourth-order valence-electron chi connectivity index (χ4n) is 4.31. The number of carbonyl (C=O) groups excluding carboxylic acids is 1. The van der Waals surface area contributed by atoms with Gasteiger partial charge in [-0.2, -0.15) is 13.2 Å². The smallest absolute Gasteiger partial charge is 0.341 e. The standard InChI is InChI=1S/C24H28F3N5O3S/c1-4-22(33)29-19-8-6-16(24(25,26)27)12-18(19)15-5-7-20-21(11-15)31(2)23(30-20)32-10-9-17(13-32)28-14-36(3,34)35/h5-8,11-12,17,28H,4,9-10,13-14H2,1-3H3,(H,29,33). The Morgan fingerprint density at radius 3 is 2.61 bits per heavy atom. The first-order chi connectivity index (χ1) is 16.9. The quantitative estimate of drug-likeness (QED) is 0.490. The minimum absolute atomic E-state index is 0.00458. The van der Waals surface area contributed by atoms with E-state index in [1.807, 2.05) is 11.6 Å². The van der Waals surface area contributed by atoms with Gasteiger partial charge in [-0.15, -0.1) is 0 Å². The summed E-state index contributed by atoms with van der Waals surface area (Å²) in [5.41, 5.74) is 1.68. The van der Waals surface area contributed by atoms with E-state index in [1.54, 1.807) is 25.1 Å². The van der Waals surface area contributed by atoms with Crippen molar-refractivity contribution in [3.63, 3.8) is 0 Å². The number of carbonyl (C=O) groups is 1. The van der Waals surface area contributed by atoms with E-state index in [1.165, 1.54) is 12.3 Å². The Hall–Kier alpha value is -3.12. The maximum atomic E-state index is 13.4. The highest BCUT2D eigenvalue weighted by Crippen LogP contribution is 2.37. The molecule has 1 aliphatic rings. The Labute approximate surface area is 207 Å². The molecular formula is C24H28F3N5O3S. The molecule has 3 aromatic rings. The topological polar surface area (TPSA) is 96.3 Å². The average Bonchev–Trinajstić information content (AvgIpc) is 3.41. The van der Waals surface area contributed by atoms with Gasteiger partial charge >= 0.3 is 6.18 Å². The molecule has 1 fully saturated rings. The van der Waals surface area contributed by atoms with Crippen LogP contribution in [0.5, 0.6) is 0 Å².